The Morgan fingerprint density at radius 2 is 1.57 bits per heavy atom. The standard InChI is InChI=1S/C15H16O6/c1-18-9-5-8-6-10(19-2)13(15(16)17)14(21-4)12(8)11(7-9)20-3/h5-7H,1-4H3,(H,16,17). The fraction of sp³-hybridized carbons (Fsp3) is 0.267. The summed E-state index contributed by atoms with van der Waals surface area (Å²) in [7, 11) is 5.85. The van der Waals surface area contributed by atoms with Gasteiger partial charge in [0.05, 0.1) is 33.8 Å². The minimum absolute atomic E-state index is 0.0454. The topological polar surface area (TPSA) is 74.2 Å². The summed E-state index contributed by atoms with van der Waals surface area (Å²) in [6.45, 7) is 0. The molecule has 21 heavy (non-hydrogen) atoms. The molecule has 6 heteroatoms. The van der Waals surface area contributed by atoms with Crippen molar-refractivity contribution in [2.24, 2.45) is 0 Å². The lowest BCUT2D eigenvalue weighted by Gasteiger charge is -2.16. The van der Waals surface area contributed by atoms with Gasteiger partial charge in [-0.15, -0.1) is 0 Å². The van der Waals surface area contributed by atoms with E-state index >= 15 is 0 Å². The second-order valence-electron chi connectivity index (χ2n) is 4.22. The molecule has 0 aliphatic carbocycles. The molecular formula is C15H16O6. The Morgan fingerprint density at radius 1 is 0.905 bits per heavy atom. The van der Waals surface area contributed by atoms with Gasteiger partial charge >= 0.3 is 5.97 Å². The van der Waals surface area contributed by atoms with Crippen LogP contribution >= 0.6 is 0 Å². The molecule has 0 aliphatic heterocycles. The first-order chi connectivity index (χ1) is 10.1. The SMILES string of the molecule is COc1cc(OC)c2c(OC)c(C(=O)O)c(OC)cc2c1. The predicted octanol–water partition coefficient (Wildman–Crippen LogP) is 2.57. The molecular weight excluding hydrogens is 276 g/mol. The highest BCUT2D eigenvalue weighted by molar-refractivity contribution is 6.06. The first kappa shape index (κ1) is 14.8. The smallest absolute Gasteiger partial charge is 0.343 e. The van der Waals surface area contributed by atoms with Gasteiger partial charge in [0.1, 0.15) is 28.6 Å². The fourth-order valence-corrected chi connectivity index (χ4v) is 2.26. The second-order valence-corrected chi connectivity index (χ2v) is 4.22. The number of rotatable bonds is 5. The molecule has 0 amide bonds. The molecule has 0 saturated carbocycles. The number of carbonyl (C=O) groups is 1. The van der Waals surface area contributed by atoms with Crippen molar-refractivity contribution in [1.29, 1.82) is 0 Å². The molecule has 0 radical (unpaired) electrons. The Hall–Kier alpha value is -2.63. The number of benzene rings is 2. The van der Waals surface area contributed by atoms with Gasteiger partial charge in [0.15, 0.2) is 0 Å². The molecule has 1 N–H and O–H groups in total. The maximum absolute atomic E-state index is 11.5. The summed E-state index contributed by atoms with van der Waals surface area (Å²) >= 11 is 0. The van der Waals surface area contributed by atoms with Gasteiger partial charge in [-0.3, -0.25) is 0 Å². The molecule has 0 saturated heterocycles. The van der Waals surface area contributed by atoms with Gasteiger partial charge in [-0.1, -0.05) is 0 Å². The van der Waals surface area contributed by atoms with Crippen LogP contribution in [-0.4, -0.2) is 39.5 Å². The maximum Gasteiger partial charge on any atom is 0.343 e. The van der Waals surface area contributed by atoms with E-state index in [1.165, 1.54) is 21.3 Å². The summed E-state index contributed by atoms with van der Waals surface area (Å²) in [4.78, 5) is 11.5. The minimum atomic E-state index is -1.14. The quantitative estimate of drug-likeness (QED) is 0.913. The van der Waals surface area contributed by atoms with Crippen LogP contribution in [0.25, 0.3) is 10.8 Å². The summed E-state index contributed by atoms with van der Waals surface area (Å²) in [5.74, 6) is 0.319. The number of carboxylic acid groups (broad SMARTS) is 1. The number of fused-ring (bicyclic) bond motifs is 1. The lowest BCUT2D eigenvalue weighted by Crippen LogP contribution is -2.05. The van der Waals surface area contributed by atoms with Gasteiger partial charge in [0.25, 0.3) is 0 Å². The van der Waals surface area contributed by atoms with Gasteiger partial charge < -0.3 is 24.1 Å². The molecule has 0 atom stereocenters. The average Bonchev–Trinajstić information content (AvgIpc) is 2.51. The molecule has 2 aromatic rings. The van der Waals surface area contributed by atoms with E-state index in [2.05, 4.69) is 0 Å². The molecule has 2 aromatic carbocycles. The summed E-state index contributed by atoms with van der Waals surface area (Å²) in [6, 6.07) is 5.05. The Morgan fingerprint density at radius 3 is 2.05 bits per heavy atom. The number of carboxylic acids is 1. The van der Waals surface area contributed by atoms with Crippen molar-refractivity contribution in [2.45, 2.75) is 0 Å². The van der Waals surface area contributed by atoms with E-state index in [0.29, 0.717) is 22.3 Å². The number of ether oxygens (including phenoxy) is 4. The number of methoxy groups -OCH3 is 4. The fourth-order valence-electron chi connectivity index (χ4n) is 2.26. The van der Waals surface area contributed by atoms with Crippen molar-refractivity contribution in [3.05, 3.63) is 23.8 Å². The van der Waals surface area contributed by atoms with Gasteiger partial charge in [-0.25, -0.2) is 4.79 Å². The van der Waals surface area contributed by atoms with Crippen molar-refractivity contribution < 1.29 is 28.8 Å². The van der Waals surface area contributed by atoms with Crippen LogP contribution in [0.1, 0.15) is 10.4 Å². The molecule has 6 nitrogen and oxygen atoms in total. The molecule has 0 aliphatic rings. The van der Waals surface area contributed by atoms with E-state index in [-0.39, 0.29) is 17.1 Å². The average molecular weight is 292 g/mol. The summed E-state index contributed by atoms with van der Waals surface area (Å²) in [6.07, 6.45) is 0. The van der Waals surface area contributed by atoms with Crippen molar-refractivity contribution in [3.8, 4) is 23.0 Å². The zero-order valence-corrected chi connectivity index (χ0v) is 12.2. The highest BCUT2D eigenvalue weighted by Crippen LogP contribution is 2.43. The Bertz CT molecular complexity index is 692. The summed E-state index contributed by atoms with van der Waals surface area (Å²) < 4.78 is 21.0. The predicted molar refractivity (Wildman–Crippen MR) is 77.1 cm³/mol. The van der Waals surface area contributed by atoms with E-state index in [1.54, 1.807) is 25.3 Å². The number of hydrogen-bond acceptors (Lipinski definition) is 5. The highest BCUT2D eigenvalue weighted by Gasteiger charge is 2.23. The molecule has 0 spiro atoms. The van der Waals surface area contributed by atoms with Gasteiger partial charge in [0.2, 0.25) is 0 Å². The third-order valence-corrected chi connectivity index (χ3v) is 3.19. The van der Waals surface area contributed by atoms with Crippen LogP contribution in [0.5, 0.6) is 23.0 Å². The highest BCUT2D eigenvalue weighted by atomic mass is 16.5. The van der Waals surface area contributed by atoms with Gasteiger partial charge in [-0.2, -0.15) is 0 Å². The van der Waals surface area contributed by atoms with Crippen LogP contribution in [0.15, 0.2) is 18.2 Å². The van der Waals surface area contributed by atoms with Crippen LogP contribution in [0.3, 0.4) is 0 Å². The van der Waals surface area contributed by atoms with Crippen molar-refractivity contribution >= 4 is 16.7 Å². The molecule has 112 valence electrons. The van der Waals surface area contributed by atoms with Crippen molar-refractivity contribution in [2.75, 3.05) is 28.4 Å². The first-order valence-electron chi connectivity index (χ1n) is 6.11. The second kappa shape index (κ2) is 5.78. The van der Waals surface area contributed by atoms with Crippen LogP contribution < -0.4 is 18.9 Å². The molecule has 0 aromatic heterocycles. The Balaban J connectivity index is 2.97. The van der Waals surface area contributed by atoms with Crippen LogP contribution in [0.4, 0.5) is 0 Å². The zero-order valence-electron chi connectivity index (χ0n) is 12.2. The maximum atomic E-state index is 11.5. The van der Waals surface area contributed by atoms with Gasteiger partial charge in [0, 0.05) is 6.07 Å². The molecule has 0 fully saturated rings. The monoisotopic (exact) mass is 292 g/mol. The van der Waals surface area contributed by atoms with E-state index < -0.39 is 5.97 Å². The molecule has 2 rings (SSSR count). The molecule has 0 bridgehead atoms. The molecule has 0 unspecified atom stereocenters. The van der Waals surface area contributed by atoms with Crippen molar-refractivity contribution in [1.82, 2.24) is 0 Å². The lowest BCUT2D eigenvalue weighted by molar-refractivity contribution is 0.0690. The number of hydrogen-bond donors (Lipinski definition) is 1. The largest absolute Gasteiger partial charge is 0.497 e. The van der Waals surface area contributed by atoms with E-state index in [0.717, 1.165) is 0 Å². The Kier molecular flexibility index (Phi) is 4.07. The van der Waals surface area contributed by atoms with Crippen LogP contribution in [0, 0.1) is 0 Å². The number of aromatic carboxylic acids is 1. The molecule has 0 heterocycles. The summed E-state index contributed by atoms with van der Waals surface area (Å²) in [5.41, 5.74) is -0.0454. The van der Waals surface area contributed by atoms with E-state index in [4.69, 9.17) is 18.9 Å². The van der Waals surface area contributed by atoms with Gasteiger partial charge in [-0.05, 0) is 17.5 Å². The van der Waals surface area contributed by atoms with E-state index in [9.17, 15) is 9.90 Å². The van der Waals surface area contributed by atoms with Crippen LogP contribution in [-0.2, 0) is 0 Å². The summed E-state index contributed by atoms with van der Waals surface area (Å²) in [5, 5.41) is 10.7. The minimum Gasteiger partial charge on any atom is -0.497 e. The van der Waals surface area contributed by atoms with Crippen LogP contribution in [0.2, 0.25) is 0 Å². The third-order valence-electron chi connectivity index (χ3n) is 3.19. The first-order valence-corrected chi connectivity index (χ1v) is 6.11. The van der Waals surface area contributed by atoms with Crippen molar-refractivity contribution in [3.63, 3.8) is 0 Å². The van der Waals surface area contributed by atoms with E-state index in [1.807, 2.05) is 0 Å². The normalized spacial score (nSPS) is 10.3. The third kappa shape index (κ3) is 2.40. The zero-order chi connectivity index (χ0) is 15.6. The lowest BCUT2D eigenvalue weighted by atomic mass is 10.0. The Labute approximate surface area is 121 Å².